The number of carbonyl (C=O) groups is 4. The highest BCUT2D eigenvalue weighted by atomic mass is 79.9. The molecule has 2 aromatic rings. The second kappa shape index (κ2) is 7.71. The maximum atomic E-state index is 13.0. The summed E-state index contributed by atoms with van der Waals surface area (Å²) in [5.74, 6) is -1.07. The summed E-state index contributed by atoms with van der Waals surface area (Å²) >= 11 is 3.37. The third-order valence-corrected chi connectivity index (χ3v) is 6.10. The number of ketones is 1. The van der Waals surface area contributed by atoms with E-state index in [-0.39, 0.29) is 11.5 Å². The van der Waals surface area contributed by atoms with Crippen molar-refractivity contribution in [1.82, 2.24) is 20.1 Å². The van der Waals surface area contributed by atoms with Gasteiger partial charge in [0.05, 0.1) is 6.54 Å². The average Bonchev–Trinajstić information content (AvgIpc) is 3.46. The average molecular weight is 473 g/mol. The highest BCUT2D eigenvalue weighted by Crippen LogP contribution is 2.30. The van der Waals surface area contributed by atoms with E-state index in [0.717, 1.165) is 22.2 Å². The van der Waals surface area contributed by atoms with Crippen LogP contribution in [0.15, 0.2) is 41.0 Å². The Morgan fingerprint density at radius 2 is 1.90 bits per heavy atom. The third-order valence-electron chi connectivity index (χ3n) is 5.61. The van der Waals surface area contributed by atoms with Gasteiger partial charge in [-0.3, -0.25) is 19.3 Å². The summed E-state index contributed by atoms with van der Waals surface area (Å²) in [6.07, 6.45) is 3.39. The smallest absolute Gasteiger partial charge is 0.325 e. The number of hydrogen-bond donors (Lipinski definition) is 2. The van der Waals surface area contributed by atoms with Gasteiger partial charge in [-0.15, -0.1) is 0 Å². The van der Waals surface area contributed by atoms with E-state index in [1.54, 1.807) is 30.0 Å². The Bertz CT molecular complexity index is 1040. The predicted molar refractivity (Wildman–Crippen MR) is 112 cm³/mol. The number of hydrogen-bond acceptors (Lipinski definition) is 4. The Morgan fingerprint density at radius 3 is 2.60 bits per heavy atom. The highest BCUT2D eigenvalue weighted by molar-refractivity contribution is 9.10. The Balaban J connectivity index is 1.49. The first-order chi connectivity index (χ1) is 14.3. The van der Waals surface area contributed by atoms with E-state index >= 15 is 0 Å². The molecule has 2 aliphatic heterocycles. The normalized spacial score (nSPS) is 21.3. The fraction of sp³-hybridized carbons (Fsp3) is 0.333. The molecule has 0 radical (unpaired) electrons. The fourth-order valence-electron chi connectivity index (χ4n) is 3.84. The van der Waals surface area contributed by atoms with Crippen molar-refractivity contribution in [2.75, 3.05) is 19.6 Å². The Kier molecular flexibility index (Phi) is 5.23. The molecule has 2 N–H and O–H groups in total. The molecule has 30 heavy (non-hydrogen) atoms. The molecule has 2 fully saturated rings. The third kappa shape index (κ3) is 3.54. The lowest BCUT2D eigenvalue weighted by atomic mass is 9.92. The van der Waals surface area contributed by atoms with Gasteiger partial charge in [0.1, 0.15) is 11.2 Å². The molecule has 1 aromatic carbocycles. The van der Waals surface area contributed by atoms with Crippen molar-refractivity contribution < 1.29 is 19.2 Å². The van der Waals surface area contributed by atoms with Gasteiger partial charge in [-0.05, 0) is 43.5 Å². The summed E-state index contributed by atoms with van der Waals surface area (Å²) < 4.78 is 0.778. The minimum absolute atomic E-state index is 0.149. The van der Waals surface area contributed by atoms with E-state index in [9.17, 15) is 19.2 Å². The van der Waals surface area contributed by atoms with Crippen molar-refractivity contribution in [1.29, 1.82) is 0 Å². The molecule has 156 valence electrons. The molecule has 0 aliphatic carbocycles. The van der Waals surface area contributed by atoms with Gasteiger partial charge in [0.25, 0.3) is 11.8 Å². The molecule has 2 saturated heterocycles. The van der Waals surface area contributed by atoms with E-state index in [0.29, 0.717) is 24.3 Å². The molecule has 0 saturated carbocycles. The summed E-state index contributed by atoms with van der Waals surface area (Å²) in [5.41, 5.74) is -0.0492. The van der Waals surface area contributed by atoms with Crippen LogP contribution in [-0.2, 0) is 10.3 Å². The molecule has 1 atom stereocenters. The van der Waals surface area contributed by atoms with Gasteiger partial charge in [0.15, 0.2) is 5.78 Å². The monoisotopic (exact) mass is 472 g/mol. The predicted octanol–water partition coefficient (Wildman–Crippen LogP) is 2.66. The molecule has 4 rings (SSSR count). The van der Waals surface area contributed by atoms with Crippen LogP contribution < -0.4 is 5.32 Å². The van der Waals surface area contributed by atoms with Gasteiger partial charge in [-0.25, -0.2) is 4.79 Å². The van der Waals surface area contributed by atoms with Crippen molar-refractivity contribution in [2.24, 2.45) is 0 Å². The molecule has 3 heterocycles. The number of aromatic amines is 1. The van der Waals surface area contributed by atoms with Gasteiger partial charge in [-0.1, -0.05) is 28.1 Å². The first-order valence-electron chi connectivity index (χ1n) is 9.70. The molecule has 2 aliphatic rings. The van der Waals surface area contributed by atoms with Crippen LogP contribution in [0.3, 0.4) is 0 Å². The van der Waals surface area contributed by atoms with Crippen LogP contribution in [0.2, 0.25) is 0 Å². The highest BCUT2D eigenvalue weighted by Gasteiger charge is 2.49. The minimum Gasteiger partial charge on any atom is -0.356 e. The van der Waals surface area contributed by atoms with Crippen molar-refractivity contribution in [3.63, 3.8) is 0 Å². The first-order valence-corrected chi connectivity index (χ1v) is 10.5. The van der Waals surface area contributed by atoms with E-state index in [4.69, 9.17) is 0 Å². The number of urea groups is 1. The lowest BCUT2D eigenvalue weighted by Gasteiger charge is -2.22. The number of Topliss-reactive ketones (excluding diaryl/α,β-unsaturated/α-hetero) is 1. The number of carbonyl (C=O) groups excluding carboxylic acids is 4. The number of nitrogens with one attached hydrogen (secondary N) is 2. The topological polar surface area (TPSA) is 103 Å². The van der Waals surface area contributed by atoms with Crippen molar-refractivity contribution in [3.05, 3.63) is 57.8 Å². The van der Waals surface area contributed by atoms with Crippen LogP contribution in [-0.4, -0.2) is 58.0 Å². The molecule has 4 amide bonds. The van der Waals surface area contributed by atoms with E-state index in [2.05, 4.69) is 26.2 Å². The number of amides is 4. The van der Waals surface area contributed by atoms with Gasteiger partial charge >= 0.3 is 6.03 Å². The quantitative estimate of drug-likeness (QED) is 0.515. The van der Waals surface area contributed by atoms with Crippen LogP contribution in [0.1, 0.15) is 46.2 Å². The lowest BCUT2D eigenvalue weighted by molar-refractivity contribution is -0.130. The first kappa shape index (κ1) is 20.3. The van der Waals surface area contributed by atoms with Gasteiger partial charge in [0, 0.05) is 29.3 Å². The zero-order valence-corrected chi connectivity index (χ0v) is 18.0. The van der Waals surface area contributed by atoms with Crippen molar-refractivity contribution in [2.45, 2.75) is 25.3 Å². The van der Waals surface area contributed by atoms with Crippen LogP contribution in [0, 0.1) is 0 Å². The molecule has 0 spiro atoms. The maximum absolute atomic E-state index is 13.0. The molecule has 0 unspecified atom stereocenters. The summed E-state index contributed by atoms with van der Waals surface area (Å²) in [4.78, 5) is 56.2. The second-order valence-electron chi connectivity index (χ2n) is 7.68. The number of aromatic nitrogens is 1. The second-order valence-corrected chi connectivity index (χ2v) is 8.60. The van der Waals surface area contributed by atoms with Crippen LogP contribution in [0.25, 0.3) is 0 Å². The van der Waals surface area contributed by atoms with Crippen molar-refractivity contribution in [3.8, 4) is 0 Å². The Labute approximate surface area is 181 Å². The SMILES string of the molecule is C[C@@]1(c2cccc(Br)c2)NC(=O)N(CC(=O)c2c[nH]c(C(=O)N3CCCC3)c2)C1=O. The lowest BCUT2D eigenvalue weighted by Crippen LogP contribution is -2.41. The standard InChI is InChI=1S/C21H21BrN4O4/c1-21(14-5-4-6-15(22)10-14)19(29)26(20(30)24-21)12-17(27)13-9-16(23-11-13)18(28)25-7-2-3-8-25/h4-6,9-11,23H,2-3,7-8,12H2,1H3,(H,24,30)/t21-/m0/s1. The van der Waals surface area contributed by atoms with Crippen LogP contribution in [0.5, 0.6) is 0 Å². The largest absolute Gasteiger partial charge is 0.356 e. The molecular formula is C21H21BrN4O4. The van der Waals surface area contributed by atoms with Crippen LogP contribution >= 0.6 is 15.9 Å². The number of rotatable bonds is 5. The van der Waals surface area contributed by atoms with Crippen LogP contribution in [0.4, 0.5) is 4.79 Å². The number of nitrogens with zero attached hydrogens (tertiary/aromatic N) is 2. The Hall–Kier alpha value is -2.94. The van der Waals surface area contributed by atoms with Gasteiger partial charge in [-0.2, -0.15) is 0 Å². The molecule has 8 nitrogen and oxygen atoms in total. The zero-order chi connectivity index (χ0) is 21.5. The molecule has 1 aromatic heterocycles. The molecule has 0 bridgehead atoms. The number of H-pyrrole nitrogens is 1. The van der Waals surface area contributed by atoms with E-state index in [1.165, 1.54) is 12.3 Å². The minimum atomic E-state index is -1.25. The van der Waals surface area contributed by atoms with E-state index in [1.807, 2.05) is 6.07 Å². The summed E-state index contributed by atoms with van der Waals surface area (Å²) in [7, 11) is 0. The number of imide groups is 1. The van der Waals surface area contributed by atoms with E-state index < -0.39 is 29.8 Å². The molecule has 9 heteroatoms. The van der Waals surface area contributed by atoms with Crippen molar-refractivity contribution >= 4 is 39.6 Å². The summed E-state index contributed by atoms with van der Waals surface area (Å²) in [6, 6.07) is 7.95. The zero-order valence-electron chi connectivity index (χ0n) is 16.4. The Morgan fingerprint density at radius 1 is 1.17 bits per heavy atom. The number of halogens is 1. The maximum Gasteiger partial charge on any atom is 0.325 e. The number of likely N-dealkylation sites (tertiary alicyclic amines) is 1. The van der Waals surface area contributed by atoms with Gasteiger partial charge < -0.3 is 15.2 Å². The summed E-state index contributed by atoms with van der Waals surface area (Å²) in [6.45, 7) is 2.63. The summed E-state index contributed by atoms with van der Waals surface area (Å²) in [5, 5.41) is 2.69. The molecular weight excluding hydrogens is 452 g/mol. The van der Waals surface area contributed by atoms with Gasteiger partial charge in [0.2, 0.25) is 0 Å². The number of benzene rings is 1. The fourth-order valence-corrected chi connectivity index (χ4v) is 4.24.